The van der Waals surface area contributed by atoms with E-state index in [2.05, 4.69) is 20.9 Å². The molecular weight excluding hydrogens is 390 g/mol. The molecular formula is C17H22BrN3O2S. The van der Waals surface area contributed by atoms with Gasteiger partial charge < -0.3 is 9.64 Å². The molecule has 1 amide bonds. The molecule has 0 aliphatic rings. The van der Waals surface area contributed by atoms with Crippen molar-refractivity contribution in [2.45, 2.75) is 12.6 Å². The van der Waals surface area contributed by atoms with Gasteiger partial charge in [0.2, 0.25) is 5.91 Å². The van der Waals surface area contributed by atoms with Crippen molar-refractivity contribution in [3.05, 3.63) is 50.9 Å². The van der Waals surface area contributed by atoms with Crippen molar-refractivity contribution in [2.75, 3.05) is 34.4 Å². The Kier molecular flexibility index (Phi) is 7.36. The molecule has 0 spiro atoms. The molecule has 0 bridgehead atoms. The number of nitrogens with zero attached hydrogens (tertiary/aromatic N) is 3. The minimum Gasteiger partial charge on any atom is -0.383 e. The zero-order valence-electron chi connectivity index (χ0n) is 14.1. The van der Waals surface area contributed by atoms with Crippen LogP contribution >= 0.6 is 27.3 Å². The summed E-state index contributed by atoms with van der Waals surface area (Å²) in [4.78, 5) is 22.1. The molecule has 24 heavy (non-hydrogen) atoms. The van der Waals surface area contributed by atoms with Crippen molar-refractivity contribution in [2.24, 2.45) is 0 Å². The summed E-state index contributed by atoms with van der Waals surface area (Å²) >= 11 is 5.05. The van der Waals surface area contributed by atoms with Crippen LogP contribution in [0.25, 0.3) is 0 Å². The third kappa shape index (κ3) is 5.11. The standard InChI is InChI=1S/C17H22BrN3O2S/c1-20(2)16(15-9-14(18)12-24-15)17(22)21(7-8-23-3)11-13-5-4-6-19-10-13/h4-6,9-10,12,16H,7-8,11H2,1-3H3. The Morgan fingerprint density at radius 2 is 2.25 bits per heavy atom. The summed E-state index contributed by atoms with van der Waals surface area (Å²) in [5, 5.41) is 2.00. The molecule has 0 aliphatic carbocycles. The summed E-state index contributed by atoms with van der Waals surface area (Å²) in [7, 11) is 5.50. The van der Waals surface area contributed by atoms with Gasteiger partial charge in [-0.3, -0.25) is 14.7 Å². The molecule has 2 aromatic heterocycles. The average molecular weight is 412 g/mol. The first-order valence-corrected chi connectivity index (χ1v) is 9.27. The number of amides is 1. The monoisotopic (exact) mass is 411 g/mol. The molecule has 5 nitrogen and oxygen atoms in total. The van der Waals surface area contributed by atoms with Crippen LogP contribution in [-0.4, -0.2) is 55.0 Å². The van der Waals surface area contributed by atoms with Crippen LogP contribution in [0.15, 0.2) is 40.4 Å². The molecule has 7 heteroatoms. The maximum Gasteiger partial charge on any atom is 0.245 e. The van der Waals surface area contributed by atoms with E-state index in [1.54, 1.807) is 30.8 Å². The van der Waals surface area contributed by atoms with Gasteiger partial charge in [-0.25, -0.2) is 0 Å². The third-order valence-electron chi connectivity index (χ3n) is 3.58. The van der Waals surface area contributed by atoms with Gasteiger partial charge in [0, 0.05) is 47.3 Å². The molecule has 2 heterocycles. The Hall–Kier alpha value is -1.28. The van der Waals surface area contributed by atoms with Crippen molar-refractivity contribution < 1.29 is 9.53 Å². The van der Waals surface area contributed by atoms with E-state index >= 15 is 0 Å². The number of hydrogen-bond acceptors (Lipinski definition) is 5. The van der Waals surface area contributed by atoms with Crippen LogP contribution in [0.4, 0.5) is 0 Å². The van der Waals surface area contributed by atoms with Crippen LogP contribution in [0.2, 0.25) is 0 Å². The largest absolute Gasteiger partial charge is 0.383 e. The lowest BCUT2D eigenvalue weighted by atomic mass is 10.1. The second kappa shape index (κ2) is 9.27. The van der Waals surface area contributed by atoms with Crippen molar-refractivity contribution >= 4 is 33.2 Å². The Labute approximate surface area is 155 Å². The van der Waals surface area contributed by atoms with E-state index in [0.717, 1.165) is 14.9 Å². The maximum absolute atomic E-state index is 13.2. The SMILES string of the molecule is COCCN(Cc1cccnc1)C(=O)C(c1cc(Br)cs1)N(C)C. The third-order valence-corrected chi connectivity index (χ3v) is 5.33. The summed E-state index contributed by atoms with van der Waals surface area (Å²) in [6.07, 6.45) is 3.52. The summed E-state index contributed by atoms with van der Waals surface area (Å²) in [6, 6.07) is 5.56. The van der Waals surface area contributed by atoms with E-state index in [1.807, 2.05) is 47.5 Å². The molecule has 0 saturated carbocycles. The maximum atomic E-state index is 13.2. The van der Waals surface area contributed by atoms with Crippen LogP contribution in [0.5, 0.6) is 0 Å². The fourth-order valence-electron chi connectivity index (χ4n) is 2.42. The van der Waals surface area contributed by atoms with Gasteiger partial charge in [-0.1, -0.05) is 6.07 Å². The van der Waals surface area contributed by atoms with Crippen LogP contribution in [0, 0.1) is 0 Å². The van der Waals surface area contributed by atoms with Crippen LogP contribution in [0.1, 0.15) is 16.5 Å². The predicted octanol–water partition coefficient (Wildman–Crippen LogP) is 3.18. The number of hydrogen-bond donors (Lipinski definition) is 0. The van der Waals surface area contributed by atoms with Crippen LogP contribution in [0.3, 0.4) is 0 Å². The van der Waals surface area contributed by atoms with Gasteiger partial charge in [0.1, 0.15) is 6.04 Å². The Balaban J connectivity index is 2.23. The van der Waals surface area contributed by atoms with Gasteiger partial charge in [-0.15, -0.1) is 11.3 Å². The number of pyridine rings is 1. The van der Waals surface area contributed by atoms with E-state index in [9.17, 15) is 4.79 Å². The molecule has 0 radical (unpaired) electrons. The lowest BCUT2D eigenvalue weighted by Crippen LogP contribution is -2.41. The highest BCUT2D eigenvalue weighted by Gasteiger charge is 2.29. The molecule has 2 rings (SSSR count). The van der Waals surface area contributed by atoms with Crippen molar-refractivity contribution in [3.63, 3.8) is 0 Å². The first-order chi connectivity index (χ1) is 11.5. The second-order valence-corrected chi connectivity index (χ2v) is 7.51. The van der Waals surface area contributed by atoms with Crippen LogP contribution in [-0.2, 0) is 16.1 Å². The van der Waals surface area contributed by atoms with E-state index in [0.29, 0.717) is 19.7 Å². The summed E-state index contributed by atoms with van der Waals surface area (Å²) < 4.78 is 6.18. The highest BCUT2D eigenvalue weighted by atomic mass is 79.9. The number of rotatable bonds is 8. The van der Waals surface area contributed by atoms with E-state index in [-0.39, 0.29) is 11.9 Å². The number of likely N-dealkylation sites (N-methyl/N-ethyl adjacent to an activating group) is 1. The number of ether oxygens (including phenoxy) is 1. The van der Waals surface area contributed by atoms with E-state index < -0.39 is 0 Å². The van der Waals surface area contributed by atoms with Crippen molar-refractivity contribution in [3.8, 4) is 0 Å². The quantitative estimate of drug-likeness (QED) is 0.668. The lowest BCUT2D eigenvalue weighted by Gasteiger charge is -2.30. The van der Waals surface area contributed by atoms with E-state index in [4.69, 9.17) is 4.74 Å². The Morgan fingerprint density at radius 1 is 1.46 bits per heavy atom. The molecule has 0 aromatic carbocycles. The number of halogens is 1. The fraction of sp³-hybridized carbons (Fsp3) is 0.412. The lowest BCUT2D eigenvalue weighted by molar-refractivity contribution is -0.137. The van der Waals surface area contributed by atoms with Gasteiger partial charge in [0.25, 0.3) is 0 Å². The highest BCUT2D eigenvalue weighted by molar-refractivity contribution is 9.10. The van der Waals surface area contributed by atoms with Crippen molar-refractivity contribution in [1.82, 2.24) is 14.8 Å². The molecule has 0 saturated heterocycles. The van der Waals surface area contributed by atoms with Crippen LogP contribution < -0.4 is 0 Å². The smallest absolute Gasteiger partial charge is 0.245 e. The molecule has 1 unspecified atom stereocenters. The minimum absolute atomic E-state index is 0.0650. The molecule has 0 aliphatic heterocycles. The number of aromatic nitrogens is 1. The van der Waals surface area contributed by atoms with Gasteiger partial charge in [-0.05, 0) is 47.7 Å². The van der Waals surface area contributed by atoms with Gasteiger partial charge >= 0.3 is 0 Å². The number of carbonyl (C=O) groups is 1. The Morgan fingerprint density at radius 3 is 2.79 bits per heavy atom. The summed E-state index contributed by atoms with van der Waals surface area (Å²) in [5.74, 6) is 0.0650. The predicted molar refractivity (Wildman–Crippen MR) is 100.0 cm³/mol. The van der Waals surface area contributed by atoms with Crippen molar-refractivity contribution in [1.29, 1.82) is 0 Å². The molecule has 1 atom stereocenters. The first-order valence-electron chi connectivity index (χ1n) is 7.60. The second-order valence-electron chi connectivity index (χ2n) is 5.65. The molecule has 130 valence electrons. The fourth-order valence-corrected chi connectivity index (χ4v) is 4.05. The van der Waals surface area contributed by atoms with Gasteiger partial charge in [0.05, 0.1) is 6.61 Å². The molecule has 0 N–H and O–H groups in total. The summed E-state index contributed by atoms with van der Waals surface area (Å²) in [6.45, 7) is 1.56. The van der Waals surface area contributed by atoms with E-state index in [1.165, 1.54) is 0 Å². The number of methoxy groups -OCH3 is 1. The topological polar surface area (TPSA) is 45.7 Å². The zero-order valence-corrected chi connectivity index (χ0v) is 16.5. The molecule has 2 aromatic rings. The Bertz CT molecular complexity index is 648. The molecule has 0 fully saturated rings. The van der Waals surface area contributed by atoms with Gasteiger partial charge in [-0.2, -0.15) is 0 Å². The average Bonchev–Trinajstić information content (AvgIpc) is 2.98. The zero-order chi connectivity index (χ0) is 17.5. The number of thiophene rings is 1. The first kappa shape index (κ1) is 19.1. The minimum atomic E-state index is -0.310. The normalized spacial score (nSPS) is 12.4. The number of carbonyl (C=O) groups excluding carboxylic acids is 1. The van der Waals surface area contributed by atoms with Gasteiger partial charge in [0.15, 0.2) is 0 Å². The highest BCUT2D eigenvalue weighted by Crippen LogP contribution is 2.30. The summed E-state index contributed by atoms with van der Waals surface area (Å²) in [5.41, 5.74) is 1.01.